The zero-order valence-corrected chi connectivity index (χ0v) is 11.5. The van der Waals surface area contributed by atoms with Gasteiger partial charge < -0.3 is 19.0 Å². The molecule has 21 heavy (non-hydrogen) atoms. The van der Waals surface area contributed by atoms with E-state index in [9.17, 15) is 14.4 Å². The smallest absolute Gasteiger partial charge is 0.358 e. The summed E-state index contributed by atoms with van der Waals surface area (Å²) in [4.78, 5) is 38.3. The number of hydrogen-bond acceptors (Lipinski definition) is 7. The van der Waals surface area contributed by atoms with E-state index in [0.717, 1.165) is 0 Å². The second kappa shape index (κ2) is 9.88. The number of hydroxylamine groups is 2. The number of hydrogen-bond donors (Lipinski definition) is 0. The molecule has 1 rings (SSSR count). The molecule has 0 unspecified atom stereocenters. The van der Waals surface area contributed by atoms with E-state index >= 15 is 0 Å². The lowest BCUT2D eigenvalue weighted by Gasteiger charge is -2.12. The van der Waals surface area contributed by atoms with Gasteiger partial charge in [0.25, 0.3) is 11.8 Å². The van der Waals surface area contributed by atoms with E-state index in [1.54, 1.807) is 0 Å². The Morgan fingerprint density at radius 2 is 1.62 bits per heavy atom. The van der Waals surface area contributed by atoms with Crippen LogP contribution in [0.15, 0.2) is 0 Å². The Hall–Kier alpha value is -1.95. The Kier molecular flexibility index (Phi) is 8.04. The molecule has 8 heteroatoms. The fraction of sp³-hybridized carbons (Fsp3) is 0.615. The van der Waals surface area contributed by atoms with E-state index in [4.69, 9.17) is 20.6 Å². The van der Waals surface area contributed by atoms with Gasteiger partial charge in [0.05, 0.1) is 26.4 Å². The second-order valence-corrected chi connectivity index (χ2v) is 3.97. The van der Waals surface area contributed by atoms with Gasteiger partial charge in [0.15, 0.2) is 0 Å². The summed E-state index contributed by atoms with van der Waals surface area (Å²) in [6.45, 7) is 1.06. The topological polar surface area (TPSA) is 91.4 Å². The van der Waals surface area contributed by atoms with Gasteiger partial charge in [0, 0.05) is 12.8 Å². The fourth-order valence-corrected chi connectivity index (χ4v) is 1.41. The quantitative estimate of drug-likeness (QED) is 0.298. The molecule has 0 atom stereocenters. The van der Waals surface area contributed by atoms with Crippen molar-refractivity contribution in [3.63, 3.8) is 0 Å². The van der Waals surface area contributed by atoms with Crippen LogP contribution in [0.3, 0.4) is 0 Å². The van der Waals surface area contributed by atoms with Crippen molar-refractivity contribution < 1.29 is 33.4 Å². The first-order valence-electron chi connectivity index (χ1n) is 6.38. The van der Waals surface area contributed by atoms with Gasteiger partial charge in [0.2, 0.25) is 0 Å². The summed E-state index contributed by atoms with van der Waals surface area (Å²) in [5.74, 6) is 0.463. The van der Waals surface area contributed by atoms with Crippen molar-refractivity contribution in [2.45, 2.75) is 12.8 Å². The van der Waals surface area contributed by atoms with Gasteiger partial charge in [-0.05, 0) is 0 Å². The molecule has 0 radical (unpaired) electrons. The molecular weight excluding hydrogens is 282 g/mol. The van der Waals surface area contributed by atoms with E-state index in [0.29, 0.717) is 18.3 Å². The molecule has 1 saturated heterocycles. The summed E-state index contributed by atoms with van der Waals surface area (Å²) >= 11 is 0. The largest absolute Gasteiger partial charge is 0.377 e. The van der Waals surface area contributed by atoms with Crippen molar-refractivity contribution in [3.05, 3.63) is 0 Å². The third-order valence-electron chi connectivity index (χ3n) is 2.35. The van der Waals surface area contributed by atoms with E-state index in [2.05, 4.69) is 10.8 Å². The molecule has 116 valence electrons. The van der Waals surface area contributed by atoms with Gasteiger partial charge >= 0.3 is 5.97 Å². The Balaban J connectivity index is 1.98. The van der Waals surface area contributed by atoms with E-state index < -0.39 is 17.8 Å². The predicted octanol–water partition coefficient (Wildman–Crippen LogP) is -0.723. The first-order valence-corrected chi connectivity index (χ1v) is 6.38. The monoisotopic (exact) mass is 299 g/mol. The molecule has 0 spiro atoms. The lowest BCUT2D eigenvalue weighted by Crippen LogP contribution is -2.33. The molecule has 1 aliphatic heterocycles. The molecule has 1 heterocycles. The van der Waals surface area contributed by atoms with Gasteiger partial charge in [-0.3, -0.25) is 9.59 Å². The summed E-state index contributed by atoms with van der Waals surface area (Å²) in [6.07, 6.45) is 5.10. The number of carbonyl (C=O) groups is 3. The van der Waals surface area contributed by atoms with Crippen molar-refractivity contribution >= 4 is 17.8 Å². The number of nitrogens with zero attached hydrogens (tertiary/aromatic N) is 1. The zero-order chi connectivity index (χ0) is 15.5. The maximum atomic E-state index is 11.3. The van der Waals surface area contributed by atoms with Crippen LogP contribution in [-0.4, -0.2) is 62.5 Å². The first kappa shape index (κ1) is 17.1. The average Bonchev–Trinajstić information content (AvgIpc) is 2.77. The Bertz CT molecular complexity index is 399. The zero-order valence-electron chi connectivity index (χ0n) is 11.5. The third-order valence-corrected chi connectivity index (χ3v) is 2.35. The third kappa shape index (κ3) is 6.85. The molecule has 0 saturated carbocycles. The van der Waals surface area contributed by atoms with Crippen LogP contribution >= 0.6 is 0 Å². The highest BCUT2D eigenvalue weighted by atomic mass is 16.7. The lowest BCUT2D eigenvalue weighted by atomic mass is 10.4. The van der Waals surface area contributed by atoms with Crippen LogP contribution in [-0.2, 0) is 33.4 Å². The SMILES string of the molecule is C#CCOCCOCCOCC(=O)ON1C(=O)CCC1=O. The maximum Gasteiger partial charge on any atom is 0.358 e. The van der Waals surface area contributed by atoms with E-state index in [1.165, 1.54) is 0 Å². The van der Waals surface area contributed by atoms with Crippen LogP contribution in [0.2, 0.25) is 0 Å². The summed E-state index contributed by atoms with van der Waals surface area (Å²) in [6, 6.07) is 0. The minimum Gasteiger partial charge on any atom is -0.377 e. The van der Waals surface area contributed by atoms with Crippen molar-refractivity contribution in [1.29, 1.82) is 0 Å². The molecule has 1 aliphatic rings. The maximum absolute atomic E-state index is 11.3. The molecular formula is C13H17NO7. The fourth-order valence-electron chi connectivity index (χ4n) is 1.41. The minimum absolute atomic E-state index is 0.0581. The van der Waals surface area contributed by atoms with Gasteiger partial charge in [-0.25, -0.2) is 4.79 Å². The number of rotatable bonds is 10. The molecule has 0 aromatic carbocycles. The van der Waals surface area contributed by atoms with Crippen molar-refractivity contribution in [3.8, 4) is 12.3 Å². The number of imide groups is 1. The molecule has 0 aliphatic carbocycles. The average molecular weight is 299 g/mol. The highest BCUT2D eigenvalue weighted by molar-refractivity contribution is 6.01. The molecule has 0 aromatic heterocycles. The number of amides is 2. The Morgan fingerprint density at radius 3 is 2.24 bits per heavy atom. The summed E-state index contributed by atoms with van der Waals surface area (Å²) in [5.41, 5.74) is 0. The lowest BCUT2D eigenvalue weighted by molar-refractivity contribution is -0.200. The van der Waals surface area contributed by atoms with Crippen LogP contribution in [0.25, 0.3) is 0 Å². The standard InChI is InChI=1S/C13H17NO7/c1-2-5-18-6-7-19-8-9-20-10-13(17)21-14-11(15)3-4-12(14)16/h1H,3-10H2. The van der Waals surface area contributed by atoms with Crippen molar-refractivity contribution in [2.24, 2.45) is 0 Å². The van der Waals surface area contributed by atoms with E-state index in [1.807, 2.05) is 0 Å². The van der Waals surface area contributed by atoms with Crippen molar-refractivity contribution in [1.82, 2.24) is 5.06 Å². The van der Waals surface area contributed by atoms with E-state index in [-0.39, 0.29) is 39.3 Å². The van der Waals surface area contributed by atoms with Crippen LogP contribution < -0.4 is 0 Å². The van der Waals surface area contributed by atoms with Gasteiger partial charge in [-0.2, -0.15) is 0 Å². The molecule has 2 amide bonds. The second-order valence-electron chi connectivity index (χ2n) is 3.97. The Labute approximate surface area is 122 Å². The van der Waals surface area contributed by atoms with Crippen molar-refractivity contribution in [2.75, 3.05) is 39.6 Å². The number of carbonyl (C=O) groups excluding carboxylic acids is 3. The molecule has 0 aromatic rings. The molecule has 0 N–H and O–H groups in total. The number of terminal acetylenes is 1. The summed E-state index contributed by atoms with van der Waals surface area (Å²) in [5, 5.41) is 0.477. The molecule has 0 bridgehead atoms. The van der Waals surface area contributed by atoms with Crippen LogP contribution in [0.1, 0.15) is 12.8 Å². The summed E-state index contributed by atoms with van der Waals surface area (Å²) < 4.78 is 15.1. The molecule has 8 nitrogen and oxygen atoms in total. The summed E-state index contributed by atoms with van der Waals surface area (Å²) in [7, 11) is 0. The predicted molar refractivity (Wildman–Crippen MR) is 68.5 cm³/mol. The normalized spacial score (nSPS) is 14.3. The molecule has 1 fully saturated rings. The first-order chi connectivity index (χ1) is 10.1. The minimum atomic E-state index is -0.809. The van der Waals surface area contributed by atoms with Gasteiger partial charge in [0.1, 0.15) is 13.2 Å². The number of ether oxygens (including phenoxy) is 3. The highest BCUT2D eigenvalue weighted by Crippen LogP contribution is 2.11. The Morgan fingerprint density at radius 1 is 1.05 bits per heavy atom. The van der Waals surface area contributed by atoms with Gasteiger partial charge in [-0.1, -0.05) is 5.92 Å². The van der Waals surface area contributed by atoms with Crippen LogP contribution in [0.4, 0.5) is 0 Å². The van der Waals surface area contributed by atoms with Gasteiger partial charge in [-0.15, -0.1) is 11.5 Å². The highest BCUT2D eigenvalue weighted by Gasteiger charge is 2.32. The van der Waals surface area contributed by atoms with Crippen LogP contribution in [0.5, 0.6) is 0 Å². The van der Waals surface area contributed by atoms with Crippen LogP contribution in [0, 0.1) is 12.3 Å².